The third-order valence-corrected chi connectivity index (χ3v) is 4.28. The molecule has 3 nitrogen and oxygen atoms in total. The molecule has 0 fully saturated rings. The van der Waals surface area contributed by atoms with Crippen LogP contribution >= 0.6 is 22.6 Å². The molecular formula is C14H20INO2. The summed E-state index contributed by atoms with van der Waals surface area (Å²) < 4.78 is 1.11. The fourth-order valence-corrected chi connectivity index (χ4v) is 2.11. The first-order valence-corrected chi connectivity index (χ1v) is 7.29. The number of amides is 1. The minimum atomic E-state index is -0.196. The zero-order valence-electron chi connectivity index (χ0n) is 10.9. The van der Waals surface area contributed by atoms with Gasteiger partial charge in [-0.15, -0.1) is 0 Å². The van der Waals surface area contributed by atoms with Gasteiger partial charge in [0.2, 0.25) is 0 Å². The molecule has 2 N–H and O–H groups in total. The molecule has 0 aromatic heterocycles. The first kappa shape index (κ1) is 15.4. The molecule has 0 aliphatic rings. The third kappa shape index (κ3) is 3.95. The summed E-state index contributed by atoms with van der Waals surface area (Å²) >= 11 is 2.21. The number of aliphatic hydroxyl groups excluding tert-OH is 1. The molecule has 1 rings (SSSR count). The van der Waals surface area contributed by atoms with Gasteiger partial charge in [0.05, 0.1) is 6.61 Å². The molecule has 0 unspecified atom stereocenters. The van der Waals surface area contributed by atoms with Crippen molar-refractivity contribution in [2.45, 2.75) is 26.7 Å². The standard InChI is InChI=1S/C14H20INO2/c1-3-14(4-2,10-17)9-16-13(18)11-5-7-12(15)8-6-11/h5-8,17H,3-4,9-10H2,1-2H3,(H,16,18). The molecule has 0 bridgehead atoms. The zero-order valence-corrected chi connectivity index (χ0v) is 13.0. The summed E-state index contributed by atoms with van der Waals surface area (Å²) in [5, 5.41) is 12.4. The lowest BCUT2D eigenvalue weighted by atomic mass is 9.83. The van der Waals surface area contributed by atoms with Gasteiger partial charge in [-0.05, 0) is 59.7 Å². The monoisotopic (exact) mass is 361 g/mol. The van der Waals surface area contributed by atoms with Crippen LogP contribution in [0.2, 0.25) is 0 Å². The highest BCUT2D eigenvalue weighted by Gasteiger charge is 2.25. The summed E-state index contributed by atoms with van der Waals surface area (Å²) in [7, 11) is 0. The number of nitrogens with one attached hydrogen (secondary N) is 1. The predicted molar refractivity (Wildman–Crippen MR) is 81.6 cm³/mol. The van der Waals surface area contributed by atoms with Gasteiger partial charge in [-0.2, -0.15) is 0 Å². The van der Waals surface area contributed by atoms with Gasteiger partial charge in [0.25, 0.3) is 5.91 Å². The minimum Gasteiger partial charge on any atom is -0.396 e. The maximum absolute atomic E-state index is 12.0. The number of halogens is 1. The number of aliphatic hydroxyl groups is 1. The van der Waals surface area contributed by atoms with E-state index in [0.29, 0.717) is 12.1 Å². The molecule has 1 aromatic rings. The number of hydrogen-bond donors (Lipinski definition) is 2. The van der Waals surface area contributed by atoms with Crippen LogP contribution in [0, 0.1) is 8.99 Å². The van der Waals surface area contributed by atoms with Crippen molar-refractivity contribution < 1.29 is 9.90 Å². The van der Waals surface area contributed by atoms with E-state index in [-0.39, 0.29) is 17.9 Å². The molecule has 0 aliphatic carbocycles. The van der Waals surface area contributed by atoms with Crippen molar-refractivity contribution in [1.82, 2.24) is 5.32 Å². The molecule has 0 saturated carbocycles. The number of carbonyl (C=O) groups excluding carboxylic acids is 1. The van der Waals surface area contributed by atoms with Crippen LogP contribution in [0.5, 0.6) is 0 Å². The van der Waals surface area contributed by atoms with Crippen molar-refractivity contribution in [3.8, 4) is 0 Å². The van der Waals surface area contributed by atoms with Crippen molar-refractivity contribution >= 4 is 28.5 Å². The van der Waals surface area contributed by atoms with Gasteiger partial charge in [0.1, 0.15) is 0 Å². The van der Waals surface area contributed by atoms with E-state index in [9.17, 15) is 9.90 Å². The van der Waals surface area contributed by atoms with Crippen LogP contribution < -0.4 is 5.32 Å². The van der Waals surface area contributed by atoms with Gasteiger partial charge >= 0.3 is 0 Å². The highest BCUT2D eigenvalue weighted by Crippen LogP contribution is 2.24. The van der Waals surface area contributed by atoms with Crippen LogP contribution in [0.15, 0.2) is 24.3 Å². The van der Waals surface area contributed by atoms with E-state index in [0.717, 1.165) is 16.4 Å². The third-order valence-electron chi connectivity index (χ3n) is 3.57. The summed E-state index contributed by atoms with van der Waals surface area (Å²) in [6, 6.07) is 7.45. The van der Waals surface area contributed by atoms with Crippen molar-refractivity contribution in [3.63, 3.8) is 0 Å². The van der Waals surface area contributed by atoms with Crippen LogP contribution in [0.3, 0.4) is 0 Å². The molecule has 18 heavy (non-hydrogen) atoms. The molecule has 0 saturated heterocycles. The molecule has 100 valence electrons. The fraction of sp³-hybridized carbons (Fsp3) is 0.500. The smallest absolute Gasteiger partial charge is 0.251 e. The average Bonchev–Trinajstić information content (AvgIpc) is 2.41. The van der Waals surface area contributed by atoms with Gasteiger partial charge in [-0.25, -0.2) is 0 Å². The SMILES string of the molecule is CCC(CC)(CO)CNC(=O)c1ccc(I)cc1. The van der Waals surface area contributed by atoms with E-state index in [2.05, 4.69) is 27.9 Å². The van der Waals surface area contributed by atoms with E-state index in [4.69, 9.17) is 0 Å². The highest BCUT2D eigenvalue weighted by atomic mass is 127. The van der Waals surface area contributed by atoms with Gasteiger partial charge < -0.3 is 10.4 Å². The van der Waals surface area contributed by atoms with Gasteiger partial charge in [0, 0.05) is 21.1 Å². The lowest BCUT2D eigenvalue weighted by Gasteiger charge is -2.29. The normalized spacial score (nSPS) is 11.3. The molecule has 0 radical (unpaired) electrons. The van der Waals surface area contributed by atoms with Crippen LogP contribution in [-0.2, 0) is 0 Å². The number of hydrogen-bond acceptors (Lipinski definition) is 2. The lowest BCUT2D eigenvalue weighted by molar-refractivity contribution is 0.0851. The Bertz CT molecular complexity index is 377. The molecular weight excluding hydrogens is 341 g/mol. The summed E-state index contributed by atoms with van der Waals surface area (Å²) in [5.74, 6) is -0.0777. The van der Waals surface area contributed by atoms with E-state index in [1.54, 1.807) is 0 Å². The Morgan fingerprint density at radius 2 is 1.83 bits per heavy atom. The van der Waals surface area contributed by atoms with E-state index >= 15 is 0 Å². The zero-order chi connectivity index (χ0) is 13.6. The number of rotatable bonds is 6. The van der Waals surface area contributed by atoms with Crippen LogP contribution in [0.1, 0.15) is 37.0 Å². The van der Waals surface area contributed by atoms with Crippen molar-refractivity contribution in [1.29, 1.82) is 0 Å². The lowest BCUT2D eigenvalue weighted by Crippen LogP contribution is -2.39. The van der Waals surface area contributed by atoms with E-state index in [1.807, 2.05) is 38.1 Å². The summed E-state index contributed by atoms with van der Waals surface area (Å²) in [6.07, 6.45) is 1.71. The maximum atomic E-state index is 12.0. The first-order valence-electron chi connectivity index (χ1n) is 6.21. The van der Waals surface area contributed by atoms with Gasteiger partial charge in [0.15, 0.2) is 0 Å². The topological polar surface area (TPSA) is 49.3 Å². The first-order chi connectivity index (χ1) is 8.56. The molecule has 0 aliphatic heterocycles. The number of carbonyl (C=O) groups is 1. The Hall–Kier alpha value is -0.620. The number of benzene rings is 1. The average molecular weight is 361 g/mol. The molecule has 0 atom stereocenters. The Kier molecular flexibility index (Phi) is 6.08. The molecule has 0 spiro atoms. The summed E-state index contributed by atoms with van der Waals surface area (Å²) in [6.45, 7) is 4.70. The fourth-order valence-electron chi connectivity index (χ4n) is 1.75. The van der Waals surface area contributed by atoms with Crippen LogP contribution in [-0.4, -0.2) is 24.2 Å². The molecule has 0 heterocycles. The molecule has 1 aromatic carbocycles. The van der Waals surface area contributed by atoms with Crippen molar-refractivity contribution in [2.24, 2.45) is 5.41 Å². The second kappa shape index (κ2) is 7.09. The Morgan fingerprint density at radius 1 is 1.28 bits per heavy atom. The summed E-state index contributed by atoms with van der Waals surface area (Å²) in [4.78, 5) is 12.0. The largest absolute Gasteiger partial charge is 0.396 e. The van der Waals surface area contributed by atoms with E-state index in [1.165, 1.54) is 0 Å². The maximum Gasteiger partial charge on any atom is 0.251 e. The summed E-state index contributed by atoms with van der Waals surface area (Å²) in [5.41, 5.74) is 0.466. The quantitative estimate of drug-likeness (QED) is 0.766. The van der Waals surface area contributed by atoms with Gasteiger partial charge in [-0.3, -0.25) is 4.79 Å². The molecule has 4 heteroatoms. The minimum absolute atomic E-state index is 0.0777. The molecule has 1 amide bonds. The van der Waals surface area contributed by atoms with E-state index < -0.39 is 0 Å². The Labute approximate surface area is 122 Å². The Morgan fingerprint density at radius 3 is 2.28 bits per heavy atom. The van der Waals surface area contributed by atoms with Crippen LogP contribution in [0.25, 0.3) is 0 Å². The van der Waals surface area contributed by atoms with Crippen LogP contribution in [0.4, 0.5) is 0 Å². The van der Waals surface area contributed by atoms with Crippen molar-refractivity contribution in [3.05, 3.63) is 33.4 Å². The van der Waals surface area contributed by atoms with Gasteiger partial charge in [-0.1, -0.05) is 13.8 Å². The Balaban J connectivity index is 2.63. The highest BCUT2D eigenvalue weighted by molar-refractivity contribution is 14.1. The second-order valence-corrected chi connectivity index (χ2v) is 5.80. The predicted octanol–water partition coefficient (Wildman–Crippen LogP) is 2.82. The van der Waals surface area contributed by atoms with Crippen molar-refractivity contribution in [2.75, 3.05) is 13.2 Å². The second-order valence-electron chi connectivity index (χ2n) is 4.55.